The molecule has 7 nitrogen and oxygen atoms in total. The molecule has 0 unspecified atom stereocenters. The SMILES string of the molecule is CN(Cc1cnn(C)c1)C(=O)c1ccc(NS(=O)(=O)c2ccc(F)cc2)cc1. The van der Waals surface area contributed by atoms with E-state index < -0.39 is 15.8 Å². The number of anilines is 1. The minimum absolute atomic E-state index is 0.0507. The summed E-state index contributed by atoms with van der Waals surface area (Å²) in [7, 11) is -0.356. The van der Waals surface area contributed by atoms with E-state index in [0.717, 1.165) is 17.7 Å². The van der Waals surface area contributed by atoms with Crippen LogP contribution in [0.2, 0.25) is 0 Å². The molecule has 1 aromatic heterocycles. The number of amides is 1. The van der Waals surface area contributed by atoms with Crippen LogP contribution in [0.25, 0.3) is 0 Å². The van der Waals surface area contributed by atoms with Crippen LogP contribution in [0.5, 0.6) is 0 Å². The van der Waals surface area contributed by atoms with Gasteiger partial charge in [0.15, 0.2) is 0 Å². The summed E-state index contributed by atoms with van der Waals surface area (Å²) in [5.41, 5.74) is 1.63. The fraction of sp³-hybridized carbons (Fsp3) is 0.158. The third kappa shape index (κ3) is 4.55. The van der Waals surface area contributed by atoms with Crippen LogP contribution in [-0.2, 0) is 23.6 Å². The molecular weight excluding hydrogens is 383 g/mol. The van der Waals surface area contributed by atoms with Gasteiger partial charge in [-0.3, -0.25) is 14.2 Å². The third-order valence-corrected chi connectivity index (χ3v) is 5.43. The molecule has 0 aliphatic rings. The van der Waals surface area contributed by atoms with E-state index in [-0.39, 0.29) is 10.8 Å². The molecule has 9 heteroatoms. The topological polar surface area (TPSA) is 84.3 Å². The molecular formula is C19H19FN4O3S. The predicted molar refractivity (Wildman–Crippen MR) is 103 cm³/mol. The Balaban J connectivity index is 1.68. The summed E-state index contributed by atoms with van der Waals surface area (Å²) in [6, 6.07) is 10.6. The number of carbonyl (C=O) groups is 1. The summed E-state index contributed by atoms with van der Waals surface area (Å²) in [5, 5.41) is 4.07. The van der Waals surface area contributed by atoms with E-state index in [0.29, 0.717) is 17.8 Å². The molecule has 0 fully saturated rings. The van der Waals surface area contributed by atoms with Crippen LogP contribution in [0, 0.1) is 5.82 Å². The van der Waals surface area contributed by atoms with E-state index in [1.165, 1.54) is 24.3 Å². The average Bonchev–Trinajstić information content (AvgIpc) is 3.06. The second kappa shape index (κ2) is 7.81. The first-order chi connectivity index (χ1) is 13.2. The maximum atomic E-state index is 13.0. The predicted octanol–water partition coefficient (Wildman–Crippen LogP) is 2.63. The summed E-state index contributed by atoms with van der Waals surface area (Å²) in [6.45, 7) is 0.408. The van der Waals surface area contributed by atoms with Crippen molar-refractivity contribution < 1.29 is 17.6 Å². The zero-order valence-electron chi connectivity index (χ0n) is 15.3. The first kappa shape index (κ1) is 19.6. The lowest BCUT2D eigenvalue weighted by Gasteiger charge is -2.16. The number of benzene rings is 2. The fourth-order valence-corrected chi connectivity index (χ4v) is 3.69. The highest BCUT2D eigenvalue weighted by Crippen LogP contribution is 2.18. The Bertz CT molecular complexity index is 1080. The van der Waals surface area contributed by atoms with Crippen LogP contribution < -0.4 is 4.72 Å². The van der Waals surface area contributed by atoms with Gasteiger partial charge in [0.1, 0.15) is 5.82 Å². The van der Waals surface area contributed by atoms with Crippen LogP contribution in [0.4, 0.5) is 10.1 Å². The molecule has 0 aliphatic heterocycles. The normalized spacial score (nSPS) is 11.2. The molecule has 3 aromatic rings. The fourth-order valence-electron chi connectivity index (χ4n) is 2.63. The molecule has 146 valence electrons. The van der Waals surface area contributed by atoms with Gasteiger partial charge >= 0.3 is 0 Å². The highest BCUT2D eigenvalue weighted by Gasteiger charge is 2.16. The molecule has 1 heterocycles. The summed E-state index contributed by atoms with van der Waals surface area (Å²) in [4.78, 5) is 14.0. The molecule has 0 spiro atoms. The Labute approximate surface area is 162 Å². The van der Waals surface area contributed by atoms with E-state index >= 15 is 0 Å². The quantitative estimate of drug-likeness (QED) is 0.687. The maximum Gasteiger partial charge on any atom is 0.261 e. The second-order valence-corrected chi connectivity index (χ2v) is 8.00. The lowest BCUT2D eigenvalue weighted by Crippen LogP contribution is -2.26. The standard InChI is InChI=1S/C19H19FN4O3S/c1-23(12-14-11-21-24(2)13-14)19(25)15-3-7-17(8-4-15)22-28(26,27)18-9-5-16(20)6-10-18/h3-11,13,22H,12H2,1-2H3. The number of nitrogens with zero attached hydrogens (tertiary/aromatic N) is 3. The average molecular weight is 402 g/mol. The smallest absolute Gasteiger partial charge is 0.261 e. The van der Waals surface area contributed by atoms with Crippen molar-refractivity contribution in [2.24, 2.45) is 7.05 Å². The molecule has 0 aliphatic carbocycles. The van der Waals surface area contributed by atoms with Gasteiger partial charge in [-0.2, -0.15) is 5.10 Å². The molecule has 1 N–H and O–H groups in total. The number of halogens is 1. The van der Waals surface area contributed by atoms with Crippen molar-refractivity contribution >= 4 is 21.6 Å². The molecule has 2 aromatic carbocycles. The zero-order valence-corrected chi connectivity index (χ0v) is 16.1. The number of rotatable bonds is 6. The van der Waals surface area contributed by atoms with Crippen LogP contribution in [0.3, 0.4) is 0 Å². The van der Waals surface area contributed by atoms with Crippen molar-refractivity contribution in [3.8, 4) is 0 Å². The minimum Gasteiger partial charge on any atom is -0.337 e. The van der Waals surface area contributed by atoms with Gasteiger partial charge in [-0.05, 0) is 48.5 Å². The van der Waals surface area contributed by atoms with E-state index in [2.05, 4.69) is 9.82 Å². The van der Waals surface area contributed by atoms with Crippen molar-refractivity contribution in [1.82, 2.24) is 14.7 Å². The second-order valence-electron chi connectivity index (χ2n) is 6.32. The van der Waals surface area contributed by atoms with Crippen molar-refractivity contribution in [1.29, 1.82) is 0 Å². The Morgan fingerprint density at radius 1 is 1.14 bits per heavy atom. The van der Waals surface area contributed by atoms with Gasteiger partial charge in [0.25, 0.3) is 15.9 Å². The van der Waals surface area contributed by atoms with E-state index in [1.807, 2.05) is 6.20 Å². The third-order valence-electron chi connectivity index (χ3n) is 4.03. The molecule has 0 atom stereocenters. The summed E-state index contributed by atoms with van der Waals surface area (Å²) >= 11 is 0. The summed E-state index contributed by atoms with van der Waals surface area (Å²) in [6.07, 6.45) is 3.52. The monoisotopic (exact) mass is 402 g/mol. The molecule has 0 saturated carbocycles. The first-order valence-corrected chi connectivity index (χ1v) is 9.84. The Hall–Kier alpha value is -3.20. The largest absolute Gasteiger partial charge is 0.337 e. The maximum absolute atomic E-state index is 13.0. The molecule has 0 saturated heterocycles. The number of carbonyl (C=O) groups excluding carboxylic acids is 1. The van der Waals surface area contributed by atoms with E-state index in [9.17, 15) is 17.6 Å². The molecule has 1 amide bonds. The summed E-state index contributed by atoms with van der Waals surface area (Å²) < 4.78 is 41.7. The lowest BCUT2D eigenvalue weighted by atomic mass is 10.2. The number of hydrogen-bond donors (Lipinski definition) is 1. The van der Waals surface area contributed by atoms with Crippen LogP contribution in [0.15, 0.2) is 65.8 Å². The van der Waals surface area contributed by atoms with Gasteiger partial charge in [-0.15, -0.1) is 0 Å². The minimum atomic E-state index is -3.84. The van der Waals surface area contributed by atoms with Gasteiger partial charge in [0.05, 0.1) is 11.1 Å². The van der Waals surface area contributed by atoms with Gasteiger partial charge in [0, 0.05) is 43.7 Å². The van der Waals surface area contributed by atoms with Gasteiger partial charge < -0.3 is 4.90 Å². The van der Waals surface area contributed by atoms with Crippen molar-refractivity contribution in [3.05, 3.63) is 77.9 Å². The Kier molecular flexibility index (Phi) is 5.46. The summed E-state index contributed by atoms with van der Waals surface area (Å²) in [5.74, 6) is -0.714. The van der Waals surface area contributed by atoms with Crippen molar-refractivity contribution in [3.63, 3.8) is 0 Å². The molecule has 0 bridgehead atoms. The Morgan fingerprint density at radius 3 is 2.36 bits per heavy atom. The van der Waals surface area contributed by atoms with Crippen LogP contribution in [0.1, 0.15) is 15.9 Å². The number of hydrogen-bond acceptors (Lipinski definition) is 4. The lowest BCUT2D eigenvalue weighted by molar-refractivity contribution is 0.0785. The number of sulfonamides is 1. The van der Waals surface area contributed by atoms with Crippen LogP contribution >= 0.6 is 0 Å². The van der Waals surface area contributed by atoms with Crippen LogP contribution in [-0.4, -0.2) is 36.1 Å². The first-order valence-electron chi connectivity index (χ1n) is 8.36. The number of aryl methyl sites for hydroxylation is 1. The molecule has 28 heavy (non-hydrogen) atoms. The van der Waals surface area contributed by atoms with Crippen molar-refractivity contribution in [2.75, 3.05) is 11.8 Å². The van der Waals surface area contributed by atoms with Crippen molar-refractivity contribution in [2.45, 2.75) is 11.4 Å². The van der Waals surface area contributed by atoms with E-state index in [1.54, 1.807) is 42.0 Å². The number of aromatic nitrogens is 2. The van der Waals surface area contributed by atoms with Gasteiger partial charge in [0.2, 0.25) is 0 Å². The van der Waals surface area contributed by atoms with E-state index in [4.69, 9.17) is 0 Å². The number of nitrogens with one attached hydrogen (secondary N) is 1. The molecule has 3 rings (SSSR count). The highest BCUT2D eigenvalue weighted by molar-refractivity contribution is 7.92. The zero-order chi connectivity index (χ0) is 20.3. The Morgan fingerprint density at radius 2 is 1.79 bits per heavy atom. The molecule has 0 radical (unpaired) electrons. The van der Waals surface area contributed by atoms with Gasteiger partial charge in [-0.1, -0.05) is 0 Å². The van der Waals surface area contributed by atoms with Gasteiger partial charge in [-0.25, -0.2) is 12.8 Å². The highest BCUT2D eigenvalue weighted by atomic mass is 32.2.